The van der Waals surface area contributed by atoms with Gasteiger partial charge in [-0.05, 0) is 25.4 Å². The van der Waals surface area contributed by atoms with Crippen LogP contribution in [0.25, 0.3) is 0 Å². The third kappa shape index (κ3) is 4.82. The van der Waals surface area contributed by atoms with Crippen molar-refractivity contribution in [1.82, 2.24) is 9.97 Å². The number of Topliss-reactive ketones (excluding diaryl/α,β-unsaturated/α-hetero) is 1. The van der Waals surface area contributed by atoms with Gasteiger partial charge in [-0.3, -0.25) is 4.79 Å². The summed E-state index contributed by atoms with van der Waals surface area (Å²) >= 11 is 1.81. The van der Waals surface area contributed by atoms with Gasteiger partial charge in [-0.1, -0.05) is 20.8 Å². The largest absolute Gasteiger partial charge is 0.369 e. The molecular weight excluding hydrogens is 258 g/mol. The summed E-state index contributed by atoms with van der Waals surface area (Å²) in [4.78, 5) is 20.4. The molecule has 1 aromatic heterocycles. The molecule has 0 radical (unpaired) electrons. The van der Waals surface area contributed by atoms with Gasteiger partial charge in [0.25, 0.3) is 0 Å². The van der Waals surface area contributed by atoms with Crippen LogP contribution in [0.5, 0.6) is 0 Å². The molecular formula is C14H23N3OS. The number of hydrogen-bond acceptors (Lipinski definition) is 5. The first kappa shape index (κ1) is 16.0. The monoisotopic (exact) mass is 281 g/mol. The van der Waals surface area contributed by atoms with Gasteiger partial charge >= 0.3 is 0 Å². The Labute approximate surface area is 119 Å². The van der Waals surface area contributed by atoms with Crippen molar-refractivity contribution >= 4 is 23.4 Å². The van der Waals surface area contributed by atoms with E-state index in [4.69, 9.17) is 0 Å². The maximum Gasteiger partial charge on any atom is 0.165 e. The van der Waals surface area contributed by atoms with Crippen molar-refractivity contribution < 1.29 is 4.79 Å². The third-order valence-electron chi connectivity index (χ3n) is 2.66. The van der Waals surface area contributed by atoms with Crippen LogP contribution in [-0.4, -0.2) is 34.3 Å². The molecule has 0 saturated heterocycles. The highest BCUT2D eigenvalue weighted by Gasteiger charge is 2.20. The molecule has 19 heavy (non-hydrogen) atoms. The summed E-state index contributed by atoms with van der Waals surface area (Å²) in [6.45, 7) is 8.55. The fourth-order valence-corrected chi connectivity index (χ4v) is 1.99. The fourth-order valence-electron chi connectivity index (χ4n) is 1.56. The molecule has 1 rings (SSSR count). The van der Waals surface area contributed by atoms with Crippen LogP contribution in [0.15, 0.2) is 6.20 Å². The molecule has 106 valence electrons. The Morgan fingerprint density at radius 2 is 2.11 bits per heavy atom. The summed E-state index contributed by atoms with van der Waals surface area (Å²) in [5.41, 5.74) is 0.447. The molecule has 0 aliphatic rings. The van der Waals surface area contributed by atoms with Crippen LogP contribution in [0.4, 0.5) is 5.82 Å². The number of ketones is 1. The zero-order valence-electron chi connectivity index (χ0n) is 12.4. The first-order chi connectivity index (χ1) is 8.86. The summed E-state index contributed by atoms with van der Waals surface area (Å²) in [6.07, 6.45) is 4.77. The van der Waals surface area contributed by atoms with Crippen molar-refractivity contribution in [3.05, 3.63) is 17.6 Å². The molecule has 5 heteroatoms. The quantitative estimate of drug-likeness (QED) is 0.641. The highest BCUT2D eigenvalue weighted by atomic mass is 32.2. The lowest BCUT2D eigenvalue weighted by Gasteiger charge is -2.18. The van der Waals surface area contributed by atoms with Crippen LogP contribution >= 0.6 is 11.8 Å². The minimum Gasteiger partial charge on any atom is -0.369 e. The number of hydrogen-bond donors (Lipinski definition) is 1. The Kier molecular flexibility index (Phi) is 5.79. The highest BCUT2D eigenvalue weighted by Crippen LogP contribution is 2.21. The lowest BCUT2D eigenvalue weighted by molar-refractivity contribution is 0.101. The molecule has 0 unspecified atom stereocenters. The summed E-state index contributed by atoms with van der Waals surface area (Å²) in [7, 11) is 0. The fraction of sp³-hybridized carbons (Fsp3) is 0.643. The van der Waals surface area contributed by atoms with E-state index in [1.165, 1.54) is 0 Å². The number of anilines is 1. The highest BCUT2D eigenvalue weighted by molar-refractivity contribution is 7.98. The van der Waals surface area contributed by atoms with Gasteiger partial charge in [0.2, 0.25) is 0 Å². The molecule has 0 aromatic carbocycles. The number of thioether (sulfide) groups is 1. The Bertz CT molecular complexity index is 441. The van der Waals surface area contributed by atoms with Crippen molar-refractivity contribution in [2.75, 3.05) is 23.9 Å². The molecule has 0 atom stereocenters. The van der Waals surface area contributed by atoms with E-state index in [2.05, 4.69) is 42.3 Å². The van der Waals surface area contributed by atoms with E-state index in [0.29, 0.717) is 11.4 Å². The van der Waals surface area contributed by atoms with Gasteiger partial charge in [0.15, 0.2) is 5.78 Å². The SMILES string of the molecule is CSCCCNc1nc(C(C)(C)C)ncc1C(C)=O. The Hall–Kier alpha value is -1.10. The average Bonchev–Trinajstić information content (AvgIpc) is 2.33. The summed E-state index contributed by atoms with van der Waals surface area (Å²) in [5, 5.41) is 3.26. The molecule has 1 aromatic rings. The zero-order chi connectivity index (χ0) is 14.5. The molecule has 0 bridgehead atoms. The van der Waals surface area contributed by atoms with E-state index in [0.717, 1.165) is 24.5 Å². The lowest BCUT2D eigenvalue weighted by Crippen LogP contribution is -2.19. The number of carbonyl (C=O) groups excluding carboxylic acids is 1. The third-order valence-corrected chi connectivity index (χ3v) is 3.35. The topological polar surface area (TPSA) is 54.9 Å². The maximum absolute atomic E-state index is 11.6. The van der Waals surface area contributed by atoms with Gasteiger partial charge in [-0.25, -0.2) is 9.97 Å². The number of nitrogens with one attached hydrogen (secondary N) is 1. The lowest BCUT2D eigenvalue weighted by atomic mass is 9.95. The minimum absolute atomic E-state index is 0.00664. The van der Waals surface area contributed by atoms with Gasteiger partial charge in [0.05, 0.1) is 5.56 Å². The molecule has 1 heterocycles. The number of aromatic nitrogens is 2. The van der Waals surface area contributed by atoms with E-state index >= 15 is 0 Å². The van der Waals surface area contributed by atoms with Crippen LogP contribution in [0.3, 0.4) is 0 Å². The van der Waals surface area contributed by atoms with Crippen molar-refractivity contribution in [3.63, 3.8) is 0 Å². The van der Waals surface area contributed by atoms with Crippen molar-refractivity contribution in [1.29, 1.82) is 0 Å². The van der Waals surface area contributed by atoms with E-state index in [1.54, 1.807) is 13.1 Å². The van der Waals surface area contributed by atoms with Crippen LogP contribution in [0.2, 0.25) is 0 Å². The summed E-state index contributed by atoms with van der Waals surface area (Å²) < 4.78 is 0. The first-order valence-electron chi connectivity index (χ1n) is 6.47. The second-order valence-corrected chi connectivity index (χ2v) is 6.52. The molecule has 0 saturated carbocycles. The first-order valence-corrected chi connectivity index (χ1v) is 7.87. The second-order valence-electron chi connectivity index (χ2n) is 5.54. The molecule has 0 amide bonds. The maximum atomic E-state index is 11.6. The van der Waals surface area contributed by atoms with Gasteiger partial charge in [-0.15, -0.1) is 0 Å². The predicted octanol–water partition coefficient (Wildman–Crippen LogP) is 3.14. The van der Waals surface area contributed by atoms with Gasteiger partial charge in [-0.2, -0.15) is 11.8 Å². The number of carbonyl (C=O) groups is 1. The molecule has 1 N–H and O–H groups in total. The zero-order valence-corrected chi connectivity index (χ0v) is 13.2. The van der Waals surface area contributed by atoms with Gasteiger partial charge < -0.3 is 5.32 Å². The van der Waals surface area contributed by atoms with Crippen LogP contribution in [-0.2, 0) is 5.41 Å². The van der Waals surface area contributed by atoms with E-state index < -0.39 is 0 Å². The van der Waals surface area contributed by atoms with E-state index in [-0.39, 0.29) is 11.2 Å². The Balaban J connectivity index is 2.93. The predicted molar refractivity (Wildman–Crippen MR) is 82.2 cm³/mol. The van der Waals surface area contributed by atoms with Crippen molar-refractivity contribution in [2.45, 2.75) is 39.5 Å². The number of nitrogens with zero attached hydrogens (tertiary/aromatic N) is 2. The van der Waals surface area contributed by atoms with E-state index in [9.17, 15) is 4.79 Å². The summed E-state index contributed by atoms with van der Waals surface area (Å²) in [5.74, 6) is 2.51. The van der Waals surface area contributed by atoms with E-state index in [1.807, 2.05) is 11.8 Å². The van der Waals surface area contributed by atoms with Crippen LogP contribution in [0, 0.1) is 0 Å². The van der Waals surface area contributed by atoms with Crippen molar-refractivity contribution in [2.24, 2.45) is 0 Å². The molecule has 0 aliphatic heterocycles. The normalized spacial score (nSPS) is 11.4. The average molecular weight is 281 g/mol. The molecule has 4 nitrogen and oxygen atoms in total. The Morgan fingerprint density at radius 1 is 1.42 bits per heavy atom. The summed E-state index contributed by atoms with van der Waals surface area (Å²) in [6, 6.07) is 0. The smallest absolute Gasteiger partial charge is 0.165 e. The van der Waals surface area contributed by atoms with Crippen LogP contribution in [0.1, 0.15) is 50.3 Å². The van der Waals surface area contributed by atoms with Gasteiger partial charge in [0.1, 0.15) is 11.6 Å². The second kappa shape index (κ2) is 6.89. The van der Waals surface area contributed by atoms with Crippen molar-refractivity contribution in [3.8, 4) is 0 Å². The molecule has 0 fully saturated rings. The molecule has 0 spiro atoms. The van der Waals surface area contributed by atoms with Gasteiger partial charge in [0, 0.05) is 18.2 Å². The standard InChI is InChI=1S/C14H23N3OS/c1-10(18)11-9-16-13(14(2,3)4)17-12(11)15-7-6-8-19-5/h9H,6-8H2,1-5H3,(H,15,16,17). The Morgan fingerprint density at radius 3 is 2.63 bits per heavy atom. The number of rotatable bonds is 6. The molecule has 0 aliphatic carbocycles. The minimum atomic E-state index is -0.120. The van der Waals surface area contributed by atoms with Crippen LogP contribution < -0.4 is 5.32 Å².